The fourth-order valence-corrected chi connectivity index (χ4v) is 3.50. The first-order chi connectivity index (χ1) is 14.4. The van der Waals surface area contributed by atoms with Crippen molar-refractivity contribution in [1.82, 2.24) is 5.32 Å². The molecular formula is C21H24FN3O5. The topological polar surface area (TPSA) is 93.9 Å². The van der Waals surface area contributed by atoms with E-state index in [1.165, 1.54) is 31.4 Å². The maximum absolute atomic E-state index is 14.2. The molecule has 3 rings (SSSR count). The number of piperidine rings is 1. The van der Waals surface area contributed by atoms with Gasteiger partial charge in [0.15, 0.2) is 6.61 Å². The first kappa shape index (κ1) is 21.4. The predicted molar refractivity (Wildman–Crippen MR) is 110 cm³/mol. The van der Waals surface area contributed by atoms with Crippen LogP contribution in [0.5, 0.6) is 11.5 Å². The molecule has 30 heavy (non-hydrogen) atoms. The number of hydrogen-bond acceptors (Lipinski definition) is 6. The van der Waals surface area contributed by atoms with Crippen LogP contribution in [-0.2, 0) is 4.79 Å². The second-order valence-corrected chi connectivity index (χ2v) is 7.19. The highest BCUT2D eigenvalue weighted by Crippen LogP contribution is 2.30. The van der Waals surface area contributed by atoms with E-state index >= 15 is 0 Å². The van der Waals surface area contributed by atoms with Crippen molar-refractivity contribution in [2.75, 3.05) is 31.7 Å². The molecule has 1 amide bonds. The monoisotopic (exact) mass is 417 g/mol. The van der Waals surface area contributed by atoms with Crippen LogP contribution in [0.3, 0.4) is 0 Å². The molecule has 1 fully saturated rings. The number of hydrogen-bond donors (Lipinski definition) is 1. The molecule has 1 unspecified atom stereocenters. The summed E-state index contributed by atoms with van der Waals surface area (Å²) in [5.74, 6) is -0.243. The minimum Gasteiger partial charge on any atom is -0.490 e. The maximum Gasteiger partial charge on any atom is 0.311 e. The van der Waals surface area contributed by atoms with Crippen molar-refractivity contribution < 1.29 is 23.6 Å². The fourth-order valence-electron chi connectivity index (χ4n) is 3.50. The van der Waals surface area contributed by atoms with Crippen molar-refractivity contribution >= 4 is 17.3 Å². The van der Waals surface area contributed by atoms with Crippen LogP contribution in [0.4, 0.5) is 15.8 Å². The van der Waals surface area contributed by atoms with Gasteiger partial charge in [0.2, 0.25) is 5.75 Å². The van der Waals surface area contributed by atoms with E-state index in [1.54, 1.807) is 6.07 Å². The zero-order chi connectivity index (χ0) is 21.7. The summed E-state index contributed by atoms with van der Waals surface area (Å²) in [4.78, 5) is 24.6. The average Bonchev–Trinajstić information content (AvgIpc) is 2.73. The van der Waals surface area contributed by atoms with Gasteiger partial charge in [-0.2, -0.15) is 0 Å². The quantitative estimate of drug-likeness (QED) is 0.549. The maximum atomic E-state index is 14.2. The van der Waals surface area contributed by atoms with Gasteiger partial charge in [-0.1, -0.05) is 6.07 Å². The van der Waals surface area contributed by atoms with Gasteiger partial charge in [0.25, 0.3) is 5.91 Å². The molecular weight excluding hydrogens is 393 g/mol. The second-order valence-electron chi connectivity index (χ2n) is 7.19. The van der Waals surface area contributed by atoms with Crippen LogP contribution >= 0.6 is 0 Å². The molecule has 8 nitrogen and oxygen atoms in total. The Morgan fingerprint density at radius 3 is 2.87 bits per heavy atom. The molecule has 160 valence electrons. The standard InChI is InChI=1S/C21H24FN3O5/c1-14-5-7-17(22)19(10-14)24-9-3-4-15(12-24)23-21(26)13-30-16-6-8-18(25(27)28)20(11-16)29-2/h5-8,10-11,15H,3-4,9,12-13H2,1-2H3,(H,23,26). The van der Waals surface area contributed by atoms with Gasteiger partial charge in [0.1, 0.15) is 11.6 Å². The van der Waals surface area contributed by atoms with Crippen molar-refractivity contribution in [3.05, 3.63) is 57.9 Å². The molecule has 1 aliphatic rings. The summed E-state index contributed by atoms with van der Waals surface area (Å²) in [5.41, 5.74) is 1.34. The van der Waals surface area contributed by atoms with Gasteiger partial charge in [-0.25, -0.2) is 4.39 Å². The fraction of sp³-hybridized carbons (Fsp3) is 0.381. The number of ether oxygens (including phenoxy) is 2. The number of nitrogens with one attached hydrogen (secondary N) is 1. The number of methoxy groups -OCH3 is 1. The Kier molecular flexibility index (Phi) is 6.71. The third kappa shape index (κ3) is 5.16. The minimum absolute atomic E-state index is 0.0565. The summed E-state index contributed by atoms with van der Waals surface area (Å²) in [7, 11) is 1.32. The zero-order valence-corrected chi connectivity index (χ0v) is 16.9. The van der Waals surface area contributed by atoms with Gasteiger partial charge >= 0.3 is 5.69 Å². The SMILES string of the molecule is COc1cc(OCC(=O)NC2CCCN(c3cc(C)ccc3F)C2)ccc1[N+](=O)[O-]. The number of benzene rings is 2. The summed E-state index contributed by atoms with van der Waals surface area (Å²) in [6.07, 6.45) is 1.62. The number of carbonyl (C=O) groups excluding carboxylic acids is 1. The van der Waals surface area contributed by atoms with Crippen LogP contribution in [0.25, 0.3) is 0 Å². The molecule has 1 atom stereocenters. The molecule has 0 saturated carbocycles. The van der Waals surface area contributed by atoms with Gasteiger partial charge in [0.05, 0.1) is 17.7 Å². The number of rotatable bonds is 7. The highest BCUT2D eigenvalue weighted by Gasteiger charge is 2.24. The highest BCUT2D eigenvalue weighted by atomic mass is 19.1. The third-order valence-corrected chi connectivity index (χ3v) is 4.95. The van der Waals surface area contributed by atoms with Crippen LogP contribution in [-0.4, -0.2) is 43.7 Å². The molecule has 0 bridgehead atoms. The summed E-state index contributed by atoms with van der Waals surface area (Å²) in [5, 5.41) is 13.9. The van der Waals surface area contributed by atoms with Crippen molar-refractivity contribution in [1.29, 1.82) is 0 Å². The lowest BCUT2D eigenvalue weighted by molar-refractivity contribution is -0.385. The number of halogens is 1. The summed E-state index contributed by atoms with van der Waals surface area (Å²) in [6.45, 7) is 2.91. The van der Waals surface area contributed by atoms with Crippen LogP contribution in [0.1, 0.15) is 18.4 Å². The van der Waals surface area contributed by atoms with Gasteiger partial charge in [-0.3, -0.25) is 14.9 Å². The first-order valence-electron chi connectivity index (χ1n) is 9.63. The van der Waals surface area contributed by atoms with E-state index in [4.69, 9.17) is 9.47 Å². The van der Waals surface area contributed by atoms with Gasteiger partial charge in [-0.15, -0.1) is 0 Å². The molecule has 1 N–H and O–H groups in total. The largest absolute Gasteiger partial charge is 0.490 e. The van der Waals surface area contributed by atoms with Gasteiger partial charge in [0, 0.05) is 31.3 Å². The minimum atomic E-state index is -0.554. The Morgan fingerprint density at radius 2 is 2.13 bits per heavy atom. The van der Waals surface area contributed by atoms with Crippen molar-refractivity contribution in [3.8, 4) is 11.5 Å². The average molecular weight is 417 g/mol. The van der Waals surface area contributed by atoms with E-state index in [2.05, 4.69) is 5.32 Å². The van der Waals surface area contributed by atoms with E-state index in [-0.39, 0.29) is 35.8 Å². The molecule has 0 radical (unpaired) electrons. The van der Waals surface area contributed by atoms with E-state index in [0.29, 0.717) is 18.0 Å². The number of nitrogens with zero attached hydrogens (tertiary/aromatic N) is 2. The van der Waals surface area contributed by atoms with E-state index in [9.17, 15) is 19.3 Å². The van der Waals surface area contributed by atoms with Crippen molar-refractivity contribution in [3.63, 3.8) is 0 Å². The molecule has 1 heterocycles. The van der Waals surface area contributed by atoms with Crippen molar-refractivity contribution in [2.45, 2.75) is 25.8 Å². The number of anilines is 1. The summed E-state index contributed by atoms with van der Waals surface area (Å²) >= 11 is 0. The van der Waals surface area contributed by atoms with Crippen LogP contribution in [0, 0.1) is 22.9 Å². The van der Waals surface area contributed by atoms with E-state index in [0.717, 1.165) is 24.9 Å². The summed E-state index contributed by atoms with van der Waals surface area (Å²) < 4.78 is 24.6. The van der Waals surface area contributed by atoms with Gasteiger partial charge < -0.3 is 19.7 Å². The van der Waals surface area contributed by atoms with E-state index < -0.39 is 4.92 Å². The smallest absolute Gasteiger partial charge is 0.311 e. The first-order valence-corrected chi connectivity index (χ1v) is 9.63. The highest BCUT2D eigenvalue weighted by molar-refractivity contribution is 5.78. The lowest BCUT2D eigenvalue weighted by Crippen LogP contribution is -2.49. The molecule has 0 aliphatic carbocycles. The number of nitro groups is 1. The molecule has 9 heteroatoms. The van der Waals surface area contributed by atoms with Crippen LogP contribution in [0.2, 0.25) is 0 Å². The van der Waals surface area contributed by atoms with Crippen LogP contribution in [0.15, 0.2) is 36.4 Å². The molecule has 0 spiro atoms. The molecule has 2 aromatic rings. The Balaban J connectivity index is 1.56. The zero-order valence-electron chi connectivity index (χ0n) is 16.9. The molecule has 0 aromatic heterocycles. The Hall–Kier alpha value is -3.36. The molecule has 1 saturated heterocycles. The lowest BCUT2D eigenvalue weighted by atomic mass is 10.0. The number of carbonyl (C=O) groups is 1. The third-order valence-electron chi connectivity index (χ3n) is 4.95. The van der Waals surface area contributed by atoms with Crippen molar-refractivity contribution in [2.24, 2.45) is 0 Å². The predicted octanol–water partition coefficient (Wildman–Crippen LogP) is 3.21. The Labute approximate surface area is 173 Å². The van der Waals surface area contributed by atoms with Crippen LogP contribution < -0.4 is 19.7 Å². The lowest BCUT2D eigenvalue weighted by Gasteiger charge is -2.35. The Morgan fingerprint density at radius 1 is 1.33 bits per heavy atom. The number of amides is 1. The molecule has 2 aromatic carbocycles. The molecule has 1 aliphatic heterocycles. The summed E-state index contributed by atoms with van der Waals surface area (Å²) in [6, 6.07) is 8.92. The number of nitro benzene ring substituents is 1. The number of aryl methyl sites for hydroxylation is 1. The normalized spacial score (nSPS) is 16.1. The Bertz CT molecular complexity index is 937. The van der Waals surface area contributed by atoms with Gasteiger partial charge in [-0.05, 0) is 43.5 Å². The second kappa shape index (κ2) is 9.43. The van der Waals surface area contributed by atoms with E-state index in [1.807, 2.05) is 17.9 Å².